The second kappa shape index (κ2) is 10.1. The van der Waals surface area contributed by atoms with Gasteiger partial charge in [0.15, 0.2) is 0 Å². The number of sulfonamides is 1. The highest BCUT2D eigenvalue weighted by molar-refractivity contribution is 7.92. The molecule has 0 unspecified atom stereocenters. The van der Waals surface area contributed by atoms with Crippen LogP contribution in [0.4, 0.5) is 17.3 Å². The Bertz CT molecular complexity index is 1550. The lowest BCUT2D eigenvalue weighted by atomic mass is 10.1. The van der Waals surface area contributed by atoms with E-state index in [0.29, 0.717) is 16.9 Å². The van der Waals surface area contributed by atoms with E-state index < -0.39 is 32.8 Å². The van der Waals surface area contributed by atoms with E-state index in [0.717, 1.165) is 4.90 Å². The molecule has 0 spiro atoms. The molecule has 1 aromatic heterocycles. The van der Waals surface area contributed by atoms with Crippen LogP contribution in [0.15, 0.2) is 68.7 Å². The highest BCUT2D eigenvalue weighted by atomic mass is 35.5. The molecule has 2 aromatic carbocycles. The summed E-state index contributed by atoms with van der Waals surface area (Å²) in [5.74, 6) is -2.31. The molecule has 1 aliphatic rings. The Morgan fingerprint density at radius 1 is 1.08 bits per heavy atom. The standard InChI is InChI=1S/C24H21ClN4O7S/c1-4-35-24(32)17-7-5-6-8-18(17)29-22(30)19(25)20(23(29)31)26-15-9-11-16(12-10-15)37(33,34)28-21-13(2)14(3)27-36-21/h5-12,26,28H,4H2,1-3H3. The van der Waals surface area contributed by atoms with Crippen molar-refractivity contribution in [2.24, 2.45) is 0 Å². The summed E-state index contributed by atoms with van der Waals surface area (Å²) in [4.78, 5) is 39.1. The van der Waals surface area contributed by atoms with Gasteiger partial charge < -0.3 is 14.6 Å². The van der Waals surface area contributed by atoms with E-state index in [-0.39, 0.29) is 34.3 Å². The van der Waals surface area contributed by atoms with Crippen LogP contribution in [0.2, 0.25) is 0 Å². The number of nitrogens with zero attached hydrogens (tertiary/aromatic N) is 2. The Balaban J connectivity index is 1.55. The third kappa shape index (κ3) is 4.93. The van der Waals surface area contributed by atoms with E-state index in [1.54, 1.807) is 32.9 Å². The fourth-order valence-corrected chi connectivity index (χ4v) is 4.69. The molecular weight excluding hydrogens is 524 g/mol. The van der Waals surface area contributed by atoms with Gasteiger partial charge in [-0.15, -0.1) is 0 Å². The highest BCUT2D eigenvalue weighted by Crippen LogP contribution is 2.33. The first kappa shape index (κ1) is 25.9. The van der Waals surface area contributed by atoms with E-state index in [9.17, 15) is 22.8 Å². The number of halogens is 1. The fourth-order valence-electron chi connectivity index (χ4n) is 3.43. The Kier molecular flexibility index (Phi) is 7.05. The van der Waals surface area contributed by atoms with Gasteiger partial charge in [0, 0.05) is 11.3 Å². The third-order valence-electron chi connectivity index (χ3n) is 5.49. The quantitative estimate of drug-likeness (QED) is 0.320. The van der Waals surface area contributed by atoms with Gasteiger partial charge in [-0.1, -0.05) is 28.9 Å². The number of carbonyl (C=O) groups excluding carboxylic acids is 3. The monoisotopic (exact) mass is 544 g/mol. The lowest BCUT2D eigenvalue weighted by Crippen LogP contribution is -2.33. The van der Waals surface area contributed by atoms with E-state index in [1.165, 1.54) is 36.4 Å². The predicted molar refractivity (Wildman–Crippen MR) is 135 cm³/mol. The van der Waals surface area contributed by atoms with Crippen LogP contribution in [0.1, 0.15) is 28.5 Å². The maximum Gasteiger partial charge on any atom is 0.340 e. The molecule has 0 aliphatic carbocycles. The summed E-state index contributed by atoms with van der Waals surface area (Å²) in [6.07, 6.45) is 0. The molecule has 4 rings (SSSR count). The number of hydrogen-bond acceptors (Lipinski definition) is 9. The average molecular weight is 545 g/mol. The van der Waals surface area contributed by atoms with Crippen molar-refractivity contribution in [3.8, 4) is 0 Å². The summed E-state index contributed by atoms with van der Waals surface area (Å²) in [5, 5.41) is 6.09. The molecule has 2 N–H and O–H groups in total. The van der Waals surface area contributed by atoms with Crippen molar-refractivity contribution in [2.45, 2.75) is 25.7 Å². The molecule has 3 aromatic rings. The van der Waals surface area contributed by atoms with Crippen LogP contribution in [-0.4, -0.2) is 38.0 Å². The number of hydrogen-bond donors (Lipinski definition) is 2. The zero-order chi connectivity index (χ0) is 26.9. The van der Waals surface area contributed by atoms with Crippen LogP contribution in [0.25, 0.3) is 0 Å². The SMILES string of the molecule is CCOC(=O)c1ccccc1N1C(=O)C(Cl)=C(Nc2ccc(S(=O)(=O)Nc3onc(C)c3C)cc2)C1=O. The first-order valence-corrected chi connectivity index (χ1v) is 12.8. The summed E-state index contributed by atoms with van der Waals surface area (Å²) in [6, 6.07) is 11.4. The highest BCUT2D eigenvalue weighted by Gasteiger charge is 2.40. The molecule has 0 bridgehead atoms. The van der Waals surface area contributed by atoms with Crippen LogP contribution in [0.5, 0.6) is 0 Å². The van der Waals surface area contributed by atoms with Crippen LogP contribution in [-0.2, 0) is 24.3 Å². The molecule has 192 valence electrons. The van der Waals surface area contributed by atoms with Crippen molar-refractivity contribution in [2.75, 3.05) is 21.5 Å². The zero-order valence-electron chi connectivity index (χ0n) is 19.9. The lowest BCUT2D eigenvalue weighted by molar-refractivity contribution is -0.120. The molecule has 0 saturated carbocycles. The van der Waals surface area contributed by atoms with Crippen molar-refractivity contribution in [3.63, 3.8) is 0 Å². The van der Waals surface area contributed by atoms with Crippen LogP contribution >= 0.6 is 11.6 Å². The van der Waals surface area contributed by atoms with E-state index in [4.69, 9.17) is 20.9 Å². The number of nitrogens with one attached hydrogen (secondary N) is 2. The molecule has 2 heterocycles. The van der Waals surface area contributed by atoms with Crippen molar-refractivity contribution in [1.29, 1.82) is 0 Å². The Labute approximate surface area is 217 Å². The van der Waals surface area contributed by atoms with E-state index in [2.05, 4.69) is 15.2 Å². The Hall–Kier alpha value is -4.16. The van der Waals surface area contributed by atoms with Gasteiger partial charge >= 0.3 is 5.97 Å². The maximum atomic E-state index is 13.2. The molecule has 11 nitrogen and oxygen atoms in total. The molecule has 1 aliphatic heterocycles. The van der Waals surface area contributed by atoms with Gasteiger partial charge in [-0.2, -0.15) is 0 Å². The number of anilines is 3. The molecule has 0 atom stereocenters. The number of rotatable bonds is 8. The van der Waals surface area contributed by atoms with E-state index in [1.807, 2.05) is 0 Å². The smallest absolute Gasteiger partial charge is 0.340 e. The number of para-hydroxylation sites is 1. The van der Waals surface area contributed by atoms with Gasteiger partial charge in [0.2, 0.25) is 5.88 Å². The number of carbonyl (C=O) groups is 3. The average Bonchev–Trinajstić information content (AvgIpc) is 3.29. The van der Waals surface area contributed by atoms with E-state index >= 15 is 0 Å². The molecule has 0 fully saturated rings. The molecule has 0 saturated heterocycles. The van der Waals surface area contributed by atoms with Crippen LogP contribution < -0.4 is 14.9 Å². The van der Waals surface area contributed by atoms with Gasteiger partial charge in [0.25, 0.3) is 21.8 Å². The first-order valence-electron chi connectivity index (χ1n) is 10.9. The van der Waals surface area contributed by atoms with Crippen LogP contribution in [0.3, 0.4) is 0 Å². The minimum atomic E-state index is -3.98. The van der Waals surface area contributed by atoms with Crippen molar-refractivity contribution >= 4 is 56.7 Å². The third-order valence-corrected chi connectivity index (χ3v) is 7.18. The summed E-state index contributed by atoms with van der Waals surface area (Å²) < 4.78 is 37.8. The number of aryl methyl sites for hydroxylation is 1. The molecule has 13 heteroatoms. The zero-order valence-corrected chi connectivity index (χ0v) is 21.4. The number of ether oxygens (including phenoxy) is 1. The maximum absolute atomic E-state index is 13.2. The normalized spacial score (nSPS) is 13.8. The fraction of sp³-hybridized carbons (Fsp3) is 0.167. The minimum absolute atomic E-state index is 0.00916. The van der Waals surface area contributed by atoms with Gasteiger partial charge in [-0.3, -0.25) is 9.59 Å². The number of aromatic nitrogens is 1. The molecule has 37 heavy (non-hydrogen) atoms. The largest absolute Gasteiger partial charge is 0.462 e. The second-order valence-corrected chi connectivity index (χ2v) is 9.91. The van der Waals surface area contributed by atoms with Crippen molar-refractivity contribution in [3.05, 3.63) is 76.1 Å². The molecule has 2 amide bonds. The number of amides is 2. The first-order chi connectivity index (χ1) is 17.5. The van der Waals surface area contributed by atoms with Gasteiger partial charge in [0.05, 0.1) is 28.4 Å². The van der Waals surface area contributed by atoms with Gasteiger partial charge in [0.1, 0.15) is 10.7 Å². The van der Waals surface area contributed by atoms with Crippen molar-refractivity contribution in [1.82, 2.24) is 5.16 Å². The summed E-state index contributed by atoms with van der Waals surface area (Å²) in [7, 11) is -3.98. The van der Waals surface area contributed by atoms with Gasteiger partial charge in [-0.05, 0) is 57.2 Å². The van der Waals surface area contributed by atoms with Crippen molar-refractivity contribution < 1.29 is 32.1 Å². The number of imide groups is 1. The number of benzene rings is 2. The van der Waals surface area contributed by atoms with Crippen LogP contribution in [0, 0.1) is 13.8 Å². The predicted octanol–water partition coefficient (Wildman–Crippen LogP) is 3.70. The lowest BCUT2D eigenvalue weighted by Gasteiger charge is -2.18. The molecular formula is C24H21ClN4O7S. The van der Waals surface area contributed by atoms with Gasteiger partial charge in [-0.25, -0.2) is 22.8 Å². The Morgan fingerprint density at radius 2 is 1.76 bits per heavy atom. The molecule has 0 radical (unpaired) electrons. The Morgan fingerprint density at radius 3 is 2.38 bits per heavy atom. The second-order valence-electron chi connectivity index (χ2n) is 7.85. The summed E-state index contributed by atoms with van der Waals surface area (Å²) >= 11 is 6.19. The topological polar surface area (TPSA) is 148 Å². The summed E-state index contributed by atoms with van der Waals surface area (Å²) in [5.41, 5.74) is 1.22. The minimum Gasteiger partial charge on any atom is -0.462 e. The summed E-state index contributed by atoms with van der Waals surface area (Å²) in [6.45, 7) is 5.10. The number of esters is 1.